The SMILES string of the molecule is NC(=NCc1ccc(OC(F)(F)F)cc1)NCc1nnc2n1CCCCC2. The zero-order valence-corrected chi connectivity index (χ0v) is 14.7. The molecule has 0 unspecified atom stereocenters. The summed E-state index contributed by atoms with van der Waals surface area (Å²) in [7, 11) is 0. The Morgan fingerprint density at radius 1 is 1.19 bits per heavy atom. The van der Waals surface area contributed by atoms with Crippen molar-refractivity contribution in [3.05, 3.63) is 41.5 Å². The molecule has 0 radical (unpaired) electrons. The van der Waals surface area contributed by atoms with Crippen molar-refractivity contribution in [3.8, 4) is 5.75 Å². The van der Waals surface area contributed by atoms with Crippen molar-refractivity contribution < 1.29 is 17.9 Å². The van der Waals surface area contributed by atoms with Crippen LogP contribution >= 0.6 is 0 Å². The number of aliphatic imine (C=N–C) groups is 1. The Morgan fingerprint density at radius 2 is 1.96 bits per heavy atom. The van der Waals surface area contributed by atoms with Gasteiger partial charge in [0.1, 0.15) is 11.6 Å². The number of rotatable bonds is 5. The maximum atomic E-state index is 12.1. The Bertz CT molecular complexity index is 785. The lowest BCUT2D eigenvalue weighted by molar-refractivity contribution is -0.274. The van der Waals surface area contributed by atoms with E-state index < -0.39 is 6.36 Å². The Kier molecular flexibility index (Phi) is 5.82. The molecule has 1 aliphatic rings. The van der Waals surface area contributed by atoms with Crippen LogP contribution in [0.15, 0.2) is 29.3 Å². The van der Waals surface area contributed by atoms with E-state index in [1.165, 1.54) is 30.7 Å². The Labute approximate surface area is 154 Å². The molecule has 27 heavy (non-hydrogen) atoms. The molecule has 0 amide bonds. The number of nitrogens with one attached hydrogen (secondary N) is 1. The van der Waals surface area contributed by atoms with Gasteiger partial charge in [-0.15, -0.1) is 23.4 Å². The van der Waals surface area contributed by atoms with Gasteiger partial charge < -0.3 is 20.4 Å². The molecule has 7 nitrogen and oxygen atoms in total. The van der Waals surface area contributed by atoms with Gasteiger partial charge in [0.05, 0.1) is 13.1 Å². The number of aromatic nitrogens is 3. The summed E-state index contributed by atoms with van der Waals surface area (Å²) in [6.45, 7) is 1.56. The van der Waals surface area contributed by atoms with E-state index >= 15 is 0 Å². The lowest BCUT2D eigenvalue weighted by atomic mass is 10.2. The summed E-state index contributed by atoms with van der Waals surface area (Å²) in [5.41, 5.74) is 6.58. The van der Waals surface area contributed by atoms with Gasteiger partial charge in [0.25, 0.3) is 0 Å². The minimum absolute atomic E-state index is 0.233. The van der Waals surface area contributed by atoms with Crippen molar-refractivity contribution in [3.63, 3.8) is 0 Å². The number of nitrogens with zero attached hydrogens (tertiary/aromatic N) is 4. The molecule has 0 saturated heterocycles. The van der Waals surface area contributed by atoms with E-state index in [4.69, 9.17) is 5.73 Å². The smallest absolute Gasteiger partial charge is 0.406 e. The maximum absolute atomic E-state index is 12.1. The van der Waals surface area contributed by atoms with Gasteiger partial charge in [-0.1, -0.05) is 18.6 Å². The highest BCUT2D eigenvalue weighted by atomic mass is 19.4. The zero-order valence-electron chi connectivity index (χ0n) is 14.7. The Morgan fingerprint density at radius 3 is 2.70 bits per heavy atom. The standard InChI is InChI=1S/C17H21F3N6O/c18-17(19,20)27-13-7-5-12(6-8-13)10-22-16(21)23-11-15-25-24-14-4-2-1-3-9-26(14)15/h5-8H,1-4,9-11H2,(H3,21,22,23). The van der Waals surface area contributed by atoms with Gasteiger partial charge >= 0.3 is 6.36 Å². The highest BCUT2D eigenvalue weighted by Crippen LogP contribution is 2.22. The minimum atomic E-state index is -4.70. The maximum Gasteiger partial charge on any atom is 0.573 e. The molecular formula is C17H21F3N6O. The number of hydrogen-bond acceptors (Lipinski definition) is 4. The summed E-state index contributed by atoms with van der Waals surface area (Å²) >= 11 is 0. The first-order valence-corrected chi connectivity index (χ1v) is 8.70. The highest BCUT2D eigenvalue weighted by Gasteiger charge is 2.30. The molecule has 3 rings (SSSR count). The largest absolute Gasteiger partial charge is 0.573 e. The minimum Gasteiger partial charge on any atom is -0.406 e. The second-order valence-electron chi connectivity index (χ2n) is 6.24. The lowest BCUT2D eigenvalue weighted by Gasteiger charge is -2.09. The van der Waals surface area contributed by atoms with Crippen LogP contribution in [0.1, 0.15) is 36.5 Å². The van der Waals surface area contributed by atoms with Crippen LogP contribution in [0.2, 0.25) is 0 Å². The quantitative estimate of drug-likeness (QED) is 0.613. The molecular weight excluding hydrogens is 361 g/mol. The Hall–Kier alpha value is -2.78. The number of nitrogens with two attached hydrogens (primary N) is 1. The van der Waals surface area contributed by atoms with E-state index in [1.54, 1.807) is 0 Å². The summed E-state index contributed by atoms with van der Waals surface area (Å²) in [5, 5.41) is 11.4. The molecule has 0 aliphatic carbocycles. The molecule has 2 heterocycles. The van der Waals surface area contributed by atoms with E-state index in [9.17, 15) is 13.2 Å². The first kappa shape index (κ1) is 19.0. The van der Waals surface area contributed by atoms with Gasteiger partial charge in [0.2, 0.25) is 0 Å². The summed E-state index contributed by atoms with van der Waals surface area (Å²) in [5.74, 6) is 1.78. The van der Waals surface area contributed by atoms with Crippen LogP contribution in [0.5, 0.6) is 5.75 Å². The van der Waals surface area contributed by atoms with E-state index in [0.717, 1.165) is 37.5 Å². The molecule has 3 N–H and O–H groups in total. The number of fused-ring (bicyclic) bond motifs is 1. The van der Waals surface area contributed by atoms with Crippen molar-refractivity contribution >= 4 is 5.96 Å². The average Bonchev–Trinajstić information content (AvgIpc) is 2.84. The summed E-state index contributed by atoms with van der Waals surface area (Å²) < 4.78 is 42.4. The van der Waals surface area contributed by atoms with Gasteiger partial charge in [0, 0.05) is 13.0 Å². The molecule has 1 aromatic heterocycles. The number of halogens is 3. The number of aryl methyl sites for hydroxylation is 1. The summed E-state index contributed by atoms with van der Waals surface area (Å²) in [4.78, 5) is 4.19. The van der Waals surface area contributed by atoms with Crippen molar-refractivity contribution in [2.24, 2.45) is 10.7 Å². The van der Waals surface area contributed by atoms with Crippen LogP contribution in [-0.2, 0) is 26.1 Å². The molecule has 0 saturated carbocycles. The molecule has 2 aromatic rings. The van der Waals surface area contributed by atoms with Crippen LogP contribution < -0.4 is 15.8 Å². The number of guanidine groups is 1. The number of hydrogen-bond donors (Lipinski definition) is 2. The highest BCUT2D eigenvalue weighted by molar-refractivity contribution is 5.77. The molecule has 1 aliphatic heterocycles. The number of ether oxygens (including phenoxy) is 1. The predicted octanol–water partition coefficient (Wildman–Crippen LogP) is 2.51. The van der Waals surface area contributed by atoms with Gasteiger partial charge in [-0.3, -0.25) is 0 Å². The first-order valence-electron chi connectivity index (χ1n) is 8.70. The van der Waals surface area contributed by atoms with Gasteiger partial charge in [-0.05, 0) is 30.5 Å². The van der Waals surface area contributed by atoms with Crippen molar-refractivity contribution in [2.45, 2.75) is 51.7 Å². The molecule has 0 spiro atoms. The molecule has 1 aromatic carbocycles. The van der Waals surface area contributed by atoms with Gasteiger partial charge in [0.15, 0.2) is 11.8 Å². The van der Waals surface area contributed by atoms with Crippen molar-refractivity contribution in [2.75, 3.05) is 0 Å². The normalized spacial score (nSPS) is 15.1. The van der Waals surface area contributed by atoms with E-state index in [-0.39, 0.29) is 18.3 Å². The van der Waals surface area contributed by atoms with Crippen LogP contribution in [-0.4, -0.2) is 27.1 Å². The molecule has 146 valence electrons. The topological polar surface area (TPSA) is 90.3 Å². The second-order valence-corrected chi connectivity index (χ2v) is 6.24. The van der Waals surface area contributed by atoms with E-state index in [1.807, 2.05) is 0 Å². The predicted molar refractivity (Wildman–Crippen MR) is 92.9 cm³/mol. The molecule has 10 heteroatoms. The third kappa shape index (κ3) is 5.60. The fourth-order valence-corrected chi connectivity index (χ4v) is 2.87. The average molecular weight is 382 g/mol. The van der Waals surface area contributed by atoms with Gasteiger partial charge in [-0.25, -0.2) is 4.99 Å². The fourth-order valence-electron chi connectivity index (χ4n) is 2.87. The third-order valence-electron chi connectivity index (χ3n) is 4.20. The molecule has 0 bridgehead atoms. The van der Waals surface area contributed by atoms with E-state index in [2.05, 4.69) is 29.8 Å². The number of benzene rings is 1. The zero-order chi connectivity index (χ0) is 19.3. The Balaban J connectivity index is 1.52. The van der Waals surface area contributed by atoms with E-state index in [0.29, 0.717) is 12.1 Å². The third-order valence-corrected chi connectivity index (χ3v) is 4.20. The van der Waals surface area contributed by atoms with Gasteiger partial charge in [-0.2, -0.15) is 0 Å². The first-order chi connectivity index (χ1) is 12.9. The summed E-state index contributed by atoms with van der Waals surface area (Å²) in [6, 6.07) is 5.51. The van der Waals surface area contributed by atoms with Crippen LogP contribution in [0.25, 0.3) is 0 Å². The lowest BCUT2D eigenvalue weighted by Crippen LogP contribution is -2.32. The molecule has 0 fully saturated rings. The van der Waals surface area contributed by atoms with Crippen molar-refractivity contribution in [1.29, 1.82) is 0 Å². The molecule has 0 atom stereocenters. The van der Waals surface area contributed by atoms with Crippen molar-refractivity contribution in [1.82, 2.24) is 20.1 Å². The van der Waals surface area contributed by atoms with Crippen LogP contribution in [0, 0.1) is 0 Å². The number of alkyl halides is 3. The summed E-state index contributed by atoms with van der Waals surface area (Å²) in [6.07, 6.45) is -0.344. The van der Waals surface area contributed by atoms with Crippen LogP contribution in [0.3, 0.4) is 0 Å². The van der Waals surface area contributed by atoms with Crippen LogP contribution in [0.4, 0.5) is 13.2 Å². The fraction of sp³-hybridized carbons (Fsp3) is 0.471. The monoisotopic (exact) mass is 382 g/mol. The second kappa shape index (κ2) is 8.28.